The summed E-state index contributed by atoms with van der Waals surface area (Å²) in [4.78, 5) is 24.2. The van der Waals surface area contributed by atoms with Gasteiger partial charge < -0.3 is 15.4 Å². The Balaban J connectivity index is 1.53. The molecule has 1 saturated heterocycles. The van der Waals surface area contributed by atoms with E-state index in [0.717, 1.165) is 11.3 Å². The largest absolute Gasteiger partial charge is 0.497 e. The van der Waals surface area contributed by atoms with Crippen LogP contribution in [-0.4, -0.2) is 35.6 Å². The van der Waals surface area contributed by atoms with E-state index in [1.54, 1.807) is 37.6 Å². The van der Waals surface area contributed by atoms with Gasteiger partial charge in [-0.2, -0.15) is 5.10 Å². The number of amides is 2. The predicted molar refractivity (Wildman–Crippen MR) is 112 cm³/mol. The van der Waals surface area contributed by atoms with Crippen LogP contribution in [0.15, 0.2) is 58.7 Å². The summed E-state index contributed by atoms with van der Waals surface area (Å²) < 4.78 is 5.09. The van der Waals surface area contributed by atoms with Gasteiger partial charge in [0.2, 0.25) is 11.8 Å². The number of thioether (sulfide) groups is 1. The summed E-state index contributed by atoms with van der Waals surface area (Å²) in [6.45, 7) is 0. The monoisotopic (exact) mass is 416 g/mol. The van der Waals surface area contributed by atoms with Crippen molar-refractivity contribution in [3.05, 3.63) is 59.1 Å². The molecule has 2 aromatic rings. The highest BCUT2D eigenvalue weighted by Gasteiger charge is 2.32. The Morgan fingerprint density at radius 1 is 1.25 bits per heavy atom. The van der Waals surface area contributed by atoms with Gasteiger partial charge in [-0.3, -0.25) is 9.59 Å². The number of halogens is 1. The summed E-state index contributed by atoms with van der Waals surface area (Å²) in [6, 6.07) is 14.1. The van der Waals surface area contributed by atoms with Crippen LogP contribution in [0.5, 0.6) is 5.75 Å². The maximum absolute atomic E-state index is 12.1. The molecule has 0 radical (unpaired) electrons. The highest BCUT2D eigenvalue weighted by molar-refractivity contribution is 8.15. The van der Waals surface area contributed by atoms with Gasteiger partial charge in [0.25, 0.3) is 0 Å². The van der Waals surface area contributed by atoms with Gasteiger partial charge in [-0.25, -0.2) is 0 Å². The number of nitrogens with one attached hydrogen (secondary N) is 2. The molecule has 0 aromatic heterocycles. The van der Waals surface area contributed by atoms with Gasteiger partial charge in [0.1, 0.15) is 11.0 Å². The zero-order valence-electron chi connectivity index (χ0n) is 14.9. The number of ether oxygens (including phenoxy) is 1. The van der Waals surface area contributed by atoms with E-state index in [2.05, 4.69) is 20.8 Å². The molecule has 1 aliphatic rings. The first-order chi connectivity index (χ1) is 13.5. The van der Waals surface area contributed by atoms with E-state index in [1.807, 2.05) is 24.3 Å². The first kappa shape index (κ1) is 19.9. The molecule has 0 aliphatic carbocycles. The fourth-order valence-corrected chi connectivity index (χ4v) is 3.39. The number of anilines is 1. The second-order valence-corrected chi connectivity index (χ2v) is 7.41. The van der Waals surface area contributed by atoms with Crippen molar-refractivity contribution in [1.82, 2.24) is 5.32 Å². The van der Waals surface area contributed by atoms with Crippen molar-refractivity contribution in [1.29, 1.82) is 0 Å². The van der Waals surface area contributed by atoms with E-state index in [0.29, 0.717) is 15.9 Å². The molecule has 1 atom stereocenters. The molecule has 7 nitrogen and oxygen atoms in total. The third-order valence-electron chi connectivity index (χ3n) is 3.75. The third-order valence-corrected chi connectivity index (χ3v) is 5.07. The van der Waals surface area contributed by atoms with Gasteiger partial charge in [0.15, 0.2) is 5.17 Å². The summed E-state index contributed by atoms with van der Waals surface area (Å²) in [6.07, 6.45) is 1.60. The Kier molecular flexibility index (Phi) is 6.67. The molecule has 1 heterocycles. The number of carbonyl (C=O) groups excluding carboxylic acids is 2. The molecular formula is C19H17ClN4O3S. The van der Waals surface area contributed by atoms with Crippen LogP contribution >= 0.6 is 23.4 Å². The number of methoxy groups -OCH3 is 1. The van der Waals surface area contributed by atoms with Gasteiger partial charge in [-0.1, -0.05) is 23.4 Å². The Morgan fingerprint density at radius 3 is 2.64 bits per heavy atom. The van der Waals surface area contributed by atoms with Crippen molar-refractivity contribution in [3.63, 3.8) is 0 Å². The van der Waals surface area contributed by atoms with Crippen molar-refractivity contribution in [3.8, 4) is 5.75 Å². The van der Waals surface area contributed by atoms with E-state index >= 15 is 0 Å². The number of rotatable bonds is 6. The molecule has 2 amide bonds. The number of nitrogens with zero attached hydrogens (tertiary/aromatic N) is 2. The molecule has 144 valence electrons. The first-order valence-electron chi connectivity index (χ1n) is 8.31. The van der Waals surface area contributed by atoms with Gasteiger partial charge in [0, 0.05) is 17.1 Å². The third kappa shape index (κ3) is 5.58. The Labute approximate surface area is 171 Å². The van der Waals surface area contributed by atoms with E-state index in [-0.39, 0.29) is 18.2 Å². The fourth-order valence-electron chi connectivity index (χ4n) is 2.34. The maximum atomic E-state index is 12.1. The molecule has 3 rings (SSSR count). The van der Waals surface area contributed by atoms with Gasteiger partial charge >= 0.3 is 0 Å². The molecule has 1 aliphatic heterocycles. The van der Waals surface area contributed by atoms with Gasteiger partial charge in [-0.15, -0.1) is 5.10 Å². The molecule has 1 fully saturated rings. The SMILES string of the molecule is COc1ccc(/C=N/N=C2/NC(=O)C(CC(=O)Nc3ccc(Cl)cc3)S2)cc1. The lowest BCUT2D eigenvalue weighted by Crippen LogP contribution is -2.28. The van der Waals surface area contributed by atoms with Crippen LogP contribution < -0.4 is 15.4 Å². The number of hydrogen-bond acceptors (Lipinski definition) is 6. The minimum Gasteiger partial charge on any atom is -0.497 e. The van der Waals surface area contributed by atoms with Crippen LogP contribution in [0, 0.1) is 0 Å². The van der Waals surface area contributed by atoms with E-state index in [9.17, 15) is 9.59 Å². The quantitative estimate of drug-likeness (QED) is 0.558. The first-order valence-corrected chi connectivity index (χ1v) is 9.57. The molecule has 28 heavy (non-hydrogen) atoms. The summed E-state index contributed by atoms with van der Waals surface area (Å²) in [7, 11) is 1.60. The van der Waals surface area contributed by atoms with Crippen molar-refractivity contribution in [2.75, 3.05) is 12.4 Å². The molecule has 0 saturated carbocycles. The van der Waals surface area contributed by atoms with Crippen molar-refractivity contribution >= 4 is 52.2 Å². The van der Waals surface area contributed by atoms with Crippen molar-refractivity contribution in [2.45, 2.75) is 11.7 Å². The zero-order valence-corrected chi connectivity index (χ0v) is 16.5. The average Bonchev–Trinajstić information content (AvgIpc) is 3.03. The molecule has 0 spiro atoms. The Morgan fingerprint density at radius 2 is 1.96 bits per heavy atom. The van der Waals surface area contributed by atoms with Crippen LogP contribution in [-0.2, 0) is 9.59 Å². The summed E-state index contributed by atoms with van der Waals surface area (Å²) in [5.41, 5.74) is 1.47. The zero-order chi connectivity index (χ0) is 19.9. The second kappa shape index (κ2) is 9.38. The van der Waals surface area contributed by atoms with Crippen LogP contribution in [0.2, 0.25) is 5.02 Å². The van der Waals surface area contributed by atoms with Crippen molar-refractivity contribution < 1.29 is 14.3 Å². The Hall–Kier alpha value is -2.84. The number of amidine groups is 1. The minimum atomic E-state index is -0.553. The molecule has 0 bridgehead atoms. The van der Waals surface area contributed by atoms with Crippen molar-refractivity contribution in [2.24, 2.45) is 10.2 Å². The topological polar surface area (TPSA) is 92.2 Å². The summed E-state index contributed by atoms with van der Waals surface area (Å²) in [5.74, 6) is 0.217. The van der Waals surface area contributed by atoms with Crippen LogP contribution in [0.4, 0.5) is 5.69 Å². The van der Waals surface area contributed by atoms with E-state index < -0.39 is 5.25 Å². The predicted octanol–water partition coefficient (Wildman–Crippen LogP) is 3.30. The smallest absolute Gasteiger partial charge is 0.240 e. The fraction of sp³-hybridized carbons (Fsp3) is 0.158. The van der Waals surface area contributed by atoms with Crippen LogP contribution in [0.3, 0.4) is 0 Å². The van der Waals surface area contributed by atoms with Gasteiger partial charge in [0.05, 0.1) is 13.3 Å². The number of benzene rings is 2. The average molecular weight is 417 g/mol. The minimum absolute atomic E-state index is 0.0281. The van der Waals surface area contributed by atoms with Gasteiger partial charge in [-0.05, 0) is 54.1 Å². The van der Waals surface area contributed by atoms with E-state index in [4.69, 9.17) is 16.3 Å². The Bertz CT molecular complexity index is 914. The lowest BCUT2D eigenvalue weighted by Gasteiger charge is -2.07. The lowest BCUT2D eigenvalue weighted by molar-refractivity contribution is -0.122. The summed E-state index contributed by atoms with van der Waals surface area (Å²) in [5, 5.41) is 13.7. The molecule has 9 heteroatoms. The molecule has 2 N–H and O–H groups in total. The molecule has 1 unspecified atom stereocenters. The molecule has 2 aromatic carbocycles. The normalized spacial score (nSPS) is 17.7. The number of hydrogen-bond donors (Lipinski definition) is 2. The highest BCUT2D eigenvalue weighted by atomic mass is 35.5. The van der Waals surface area contributed by atoms with Crippen LogP contribution in [0.25, 0.3) is 0 Å². The number of carbonyl (C=O) groups is 2. The maximum Gasteiger partial charge on any atom is 0.240 e. The standard InChI is InChI=1S/C19H17ClN4O3S/c1-27-15-8-2-12(3-9-15)11-21-24-19-23-18(26)16(28-19)10-17(25)22-14-6-4-13(20)5-7-14/h2-9,11,16H,10H2,1H3,(H,22,25)(H,23,24,26)/b21-11+. The second-order valence-electron chi connectivity index (χ2n) is 5.78. The molecular weight excluding hydrogens is 400 g/mol. The lowest BCUT2D eigenvalue weighted by atomic mass is 10.2. The van der Waals surface area contributed by atoms with E-state index in [1.165, 1.54) is 11.8 Å². The highest BCUT2D eigenvalue weighted by Crippen LogP contribution is 2.23. The summed E-state index contributed by atoms with van der Waals surface area (Å²) >= 11 is 6.99. The van der Waals surface area contributed by atoms with Crippen LogP contribution in [0.1, 0.15) is 12.0 Å².